The summed E-state index contributed by atoms with van der Waals surface area (Å²) >= 11 is 0. The quantitative estimate of drug-likeness (QED) is 0.843. The van der Waals surface area contributed by atoms with Crippen molar-refractivity contribution in [1.29, 1.82) is 0 Å². The van der Waals surface area contributed by atoms with Crippen LogP contribution in [0.4, 0.5) is 5.82 Å². The lowest BCUT2D eigenvalue weighted by Crippen LogP contribution is -2.46. The van der Waals surface area contributed by atoms with E-state index >= 15 is 0 Å². The van der Waals surface area contributed by atoms with E-state index in [0.717, 1.165) is 44.8 Å². The van der Waals surface area contributed by atoms with Crippen molar-refractivity contribution < 1.29 is 9.53 Å². The lowest BCUT2D eigenvalue weighted by molar-refractivity contribution is 0.0929. The summed E-state index contributed by atoms with van der Waals surface area (Å²) in [6.45, 7) is 4.82. The average molecular weight is 290 g/mol. The number of rotatable bonds is 3. The molecule has 0 saturated carbocycles. The number of carbonyl (C=O) groups is 1. The van der Waals surface area contributed by atoms with Gasteiger partial charge in [0.1, 0.15) is 5.82 Å². The fourth-order valence-corrected chi connectivity index (χ4v) is 2.84. The lowest BCUT2D eigenvalue weighted by Gasteiger charge is -2.30. The van der Waals surface area contributed by atoms with Gasteiger partial charge in [-0.3, -0.25) is 4.79 Å². The van der Waals surface area contributed by atoms with Gasteiger partial charge in [-0.05, 0) is 31.5 Å². The molecule has 1 aromatic rings. The first-order chi connectivity index (χ1) is 10.3. The highest BCUT2D eigenvalue weighted by molar-refractivity contribution is 5.99. The number of anilines is 1. The normalized spacial score (nSPS) is 22.9. The molecule has 6 nitrogen and oxygen atoms in total. The molecule has 6 heteroatoms. The summed E-state index contributed by atoms with van der Waals surface area (Å²) in [6, 6.07) is 3.88. The maximum atomic E-state index is 12.5. The van der Waals surface area contributed by atoms with Gasteiger partial charge in [-0.15, -0.1) is 0 Å². The van der Waals surface area contributed by atoms with Crippen molar-refractivity contribution in [3.05, 3.63) is 23.9 Å². The van der Waals surface area contributed by atoms with Crippen molar-refractivity contribution in [3.63, 3.8) is 0 Å². The fraction of sp³-hybridized carbons (Fsp3) is 0.600. The molecule has 2 fully saturated rings. The number of carbonyl (C=O) groups excluding carboxylic acids is 1. The molecular weight excluding hydrogens is 268 g/mol. The number of pyridine rings is 1. The first-order valence-electron chi connectivity index (χ1n) is 7.64. The molecule has 0 aromatic carbocycles. The molecule has 2 N–H and O–H groups in total. The van der Waals surface area contributed by atoms with Crippen LogP contribution >= 0.6 is 0 Å². The van der Waals surface area contributed by atoms with Crippen LogP contribution < -0.4 is 15.5 Å². The first-order valence-corrected chi connectivity index (χ1v) is 7.64. The summed E-state index contributed by atoms with van der Waals surface area (Å²) < 4.78 is 5.36. The maximum Gasteiger partial charge on any atom is 0.255 e. The Morgan fingerprint density at radius 3 is 3.05 bits per heavy atom. The standard InChI is InChI=1S/C15H22N4O2/c20-15(18-12-3-1-5-16-11-12)13-4-2-6-17-14(13)19-7-9-21-10-8-19/h2,4,6,12,16H,1,3,5,7-11H2,(H,18,20)/t12-/m0/s1. The summed E-state index contributed by atoms with van der Waals surface area (Å²) in [5.41, 5.74) is 0.657. The van der Waals surface area contributed by atoms with Gasteiger partial charge in [0.15, 0.2) is 0 Å². The molecule has 0 radical (unpaired) electrons. The summed E-state index contributed by atoms with van der Waals surface area (Å²) in [6.07, 6.45) is 3.88. The van der Waals surface area contributed by atoms with Crippen LogP contribution in [0.3, 0.4) is 0 Å². The molecule has 0 aliphatic carbocycles. The molecule has 2 aliphatic heterocycles. The highest BCUT2D eigenvalue weighted by Crippen LogP contribution is 2.18. The van der Waals surface area contributed by atoms with E-state index in [-0.39, 0.29) is 11.9 Å². The lowest BCUT2D eigenvalue weighted by atomic mass is 10.1. The number of hydrogen-bond donors (Lipinski definition) is 2. The largest absolute Gasteiger partial charge is 0.378 e. The third-order valence-electron chi connectivity index (χ3n) is 3.97. The van der Waals surface area contributed by atoms with Crippen LogP contribution in [0.1, 0.15) is 23.2 Å². The molecule has 21 heavy (non-hydrogen) atoms. The van der Waals surface area contributed by atoms with Crippen molar-refractivity contribution in [2.75, 3.05) is 44.3 Å². The van der Waals surface area contributed by atoms with Crippen LogP contribution in [0.2, 0.25) is 0 Å². The molecule has 2 aliphatic rings. The summed E-state index contributed by atoms with van der Waals surface area (Å²) in [4.78, 5) is 19.1. The zero-order valence-electron chi connectivity index (χ0n) is 12.2. The molecular formula is C15H22N4O2. The molecule has 114 valence electrons. The highest BCUT2D eigenvalue weighted by Gasteiger charge is 2.22. The van der Waals surface area contributed by atoms with E-state index in [1.54, 1.807) is 6.20 Å². The van der Waals surface area contributed by atoms with Gasteiger partial charge in [-0.1, -0.05) is 0 Å². The van der Waals surface area contributed by atoms with Gasteiger partial charge in [0.25, 0.3) is 5.91 Å². The third kappa shape index (κ3) is 3.51. The molecule has 3 heterocycles. The van der Waals surface area contributed by atoms with Gasteiger partial charge in [-0.2, -0.15) is 0 Å². The van der Waals surface area contributed by atoms with Crippen LogP contribution in [0.5, 0.6) is 0 Å². The van der Waals surface area contributed by atoms with E-state index in [0.29, 0.717) is 18.8 Å². The number of ether oxygens (including phenoxy) is 1. The maximum absolute atomic E-state index is 12.5. The molecule has 1 atom stereocenters. The number of morpholine rings is 1. The van der Waals surface area contributed by atoms with E-state index < -0.39 is 0 Å². The minimum atomic E-state index is -0.0294. The van der Waals surface area contributed by atoms with Crippen molar-refractivity contribution in [2.24, 2.45) is 0 Å². The summed E-state index contributed by atoms with van der Waals surface area (Å²) in [7, 11) is 0. The zero-order valence-corrected chi connectivity index (χ0v) is 12.2. The number of aromatic nitrogens is 1. The Morgan fingerprint density at radius 1 is 1.43 bits per heavy atom. The topological polar surface area (TPSA) is 66.5 Å². The zero-order chi connectivity index (χ0) is 14.5. The Labute approximate surface area is 124 Å². The molecule has 3 rings (SSSR count). The molecule has 1 aromatic heterocycles. The fourth-order valence-electron chi connectivity index (χ4n) is 2.84. The predicted octanol–water partition coefficient (Wildman–Crippen LogP) is 0.400. The minimum absolute atomic E-state index is 0.0294. The van der Waals surface area contributed by atoms with E-state index in [1.165, 1.54) is 0 Å². The average Bonchev–Trinajstić information content (AvgIpc) is 2.56. The Hall–Kier alpha value is -1.66. The first kappa shape index (κ1) is 14.3. The molecule has 1 amide bonds. The number of hydrogen-bond acceptors (Lipinski definition) is 5. The van der Waals surface area contributed by atoms with Crippen molar-refractivity contribution in [1.82, 2.24) is 15.6 Å². The van der Waals surface area contributed by atoms with Crippen molar-refractivity contribution in [2.45, 2.75) is 18.9 Å². The second-order valence-electron chi connectivity index (χ2n) is 5.49. The molecule has 0 bridgehead atoms. The highest BCUT2D eigenvalue weighted by atomic mass is 16.5. The van der Waals surface area contributed by atoms with Crippen molar-refractivity contribution >= 4 is 11.7 Å². The van der Waals surface area contributed by atoms with Crippen LogP contribution in [0, 0.1) is 0 Å². The van der Waals surface area contributed by atoms with E-state index in [2.05, 4.69) is 20.5 Å². The van der Waals surface area contributed by atoms with Crippen LogP contribution in [-0.2, 0) is 4.74 Å². The summed E-state index contributed by atoms with van der Waals surface area (Å²) in [5, 5.41) is 6.43. The Kier molecular flexibility index (Phi) is 4.67. The summed E-state index contributed by atoms with van der Waals surface area (Å²) in [5.74, 6) is 0.736. The number of nitrogens with zero attached hydrogens (tertiary/aromatic N) is 2. The number of amides is 1. The van der Waals surface area contributed by atoms with Gasteiger partial charge >= 0.3 is 0 Å². The minimum Gasteiger partial charge on any atom is -0.378 e. The second-order valence-corrected chi connectivity index (χ2v) is 5.49. The van der Waals surface area contributed by atoms with Gasteiger partial charge < -0.3 is 20.3 Å². The van der Waals surface area contributed by atoms with Crippen LogP contribution in [-0.4, -0.2) is 56.3 Å². The molecule has 2 saturated heterocycles. The van der Waals surface area contributed by atoms with Crippen molar-refractivity contribution in [3.8, 4) is 0 Å². The predicted molar refractivity (Wildman–Crippen MR) is 80.6 cm³/mol. The monoisotopic (exact) mass is 290 g/mol. The molecule has 0 unspecified atom stereocenters. The van der Waals surface area contributed by atoms with E-state index in [9.17, 15) is 4.79 Å². The third-order valence-corrected chi connectivity index (χ3v) is 3.97. The Balaban J connectivity index is 1.72. The van der Waals surface area contributed by atoms with E-state index in [4.69, 9.17) is 4.74 Å². The Morgan fingerprint density at radius 2 is 2.29 bits per heavy atom. The molecule has 0 spiro atoms. The van der Waals surface area contributed by atoms with Gasteiger partial charge in [-0.25, -0.2) is 4.98 Å². The van der Waals surface area contributed by atoms with Gasteiger partial charge in [0.2, 0.25) is 0 Å². The number of piperidine rings is 1. The van der Waals surface area contributed by atoms with Crippen LogP contribution in [0.15, 0.2) is 18.3 Å². The van der Waals surface area contributed by atoms with Gasteiger partial charge in [0, 0.05) is 31.9 Å². The SMILES string of the molecule is O=C(N[C@H]1CCCNC1)c1cccnc1N1CCOCC1. The smallest absolute Gasteiger partial charge is 0.255 e. The number of nitrogens with one attached hydrogen (secondary N) is 2. The van der Waals surface area contributed by atoms with E-state index in [1.807, 2.05) is 12.1 Å². The second kappa shape index (κ2) is 6.87. The van der Waals surface area contributed by atoms with Crippen LogP contribution in [0.25, 0.3) is 0 Å². The van der Waals surface area contributed by atoms with Gasteiger partial charge in [0.05, 0.1) is 18.8 Å². The Bertz CT molecular complexity index is 482.